The summed E-state index contributed by atoms with van der Waals surface area (Å²) in [6.07, 6.45) is 2.10. The van der Waals surface area contributed by atoms with Crippen LogP contribution < -0.4 is 5.32 Å². The van der Waals surface area contributed by atoms with Crippen molar-refractivity contribution in [1.82, 2.24) is 5.32 Å². The lowest BCUT2D eigenvalue weighted by Crippen LogP contribution is -2.20. The molecule has 0 aliphatic heterocycles. The molecule has 1 aromatic rings. The Kier molecular flexibility index (Phi) is 9.23. The number of unbranched alkanes of at least 4 members (excludes halogenated alkanes) is 1. The van der Waals surface area contributed by atoms with Crippen LogP contribution in [-0.4, -0.2) is 33.5 Å². The van der Waals surface area contributed by atoms with Gasteiger partial charge in [0.25, 0.3) is 0 Å². The SMILES string of the molecule is COCCOCCCCNC(C)c1cccc(Cl)c1Cl. The molecule has 0 fully saturated rings. The molecule has 20 heavy (non-hydrogen) atoms. The van der Waals surface area contributed by atoms with E-state index in [-0.39, 0.29) is 6.04 Å². The first-order valence-corrected chi connectivity index (χ1v) is 7.66. The van der Waals surface area contributed by atoms with Crippen LogP contribution in [0.1, 0.15) is 31.4 Å². The Balaban J connectivity index is 2.17. The monoisotopic (exact) mass is 319 g/mol. The summed E-state index contributed by atoms with van der Waals surface area (Å²) in [7, 11) is 1.68. The highest BCUT2D eigenvalue weighted by atomic mass is 35.5. The van der Waals surface area contributed by atoms with Crippen LogP contribution in [-0.2, 0) is 9.47 Å². The zero-order valence-corrected chi connectivity index (χ0v) is 13.6. The molecule has 5 heteroatoms. The second-order valence-electron chi connectivity index (χ2n) is 4.63. The van der Waals surface area contributed by atoms with E-state index in [2.05, 4.69) is 12.2 Å². The van der Waals surface area contributed by atoms with Gasteiger partial charge in [0.15, 0.2) is 0 Å². The number of rotatable bonds is 10. The van der Waals surface area contributed by atoms with E-state index >= 15 is 0 Å². The lowest BCUT2D eigenvalue weighted by Gasteiger charge is -2.16. The van der Waals surface area contributed by atoms with Crippen molar-refractivity contribution in [3.63, 3.8) is 0 Å². The molecule has 0 spiro atoms. The number of halogens is 2. The molecular weight excluding hydrogens is 297 g/mol. The molecule has 0 heterocycles. The van der Waals surface area contributed by atoms with Gasteiger partial charge >= 0.3 is 0 Å². The summed E-state index contributed by atoms with van der Waals surface area (Å²) >= 11 is 12.2. The van der Waals surface area contributed by atoms with Gasteiger partial charge in [0.2, 0.25) is 0 Å². The molecule has 0 saturated heterocycles. The van der Waals surface area contributed by atoms with Gasteiger partial charge in [-0.25, -0.2) is 0 Å². The summed E-state index contributed by atoms with van der Waals surface area (Å²) in [5, 5.41) is 4.68. The Morgan fingerprint density at radius 1 is 1.15 bits per heavy atom. The topological polar surface area (TPSA) is 30.5 Å². The summed E-state index contributed by atoms with van der Waals surface area (Å²) in [4.78, 5) is 0. The van der Waals surface area contributed by atoms with Gasteiger partial charge in [-0.3, -0.25) is 0 Å². The Bertz CT molecular complexity index is 388. The highest BCUT2D eigenvalue weighted by Gasteiger charge is 2.10. The van der Waals surface area contributed by atoms with E-state index in [0.29, 0.717) is 23.3 Å². The van der Waals surface area contributed by atoms with Gasteiger partial charge in [-0.05, 0) is 37.9 Å². The van der Waals surface area contributed by atoms with E-state index in [1.807, 2.05) is 12.1 Å². The highest BCUT2D eigenvalue weighted by molar-refractivity contribution is 6.42. The van der Waals surface area contributed by atoms with Crippen LogP contribution in [0.15, 0.2) is 18.2 Å². The van der Waals surface area contributed by atoms with Crippen LogP contribution in [0.3, 0.4) is 0 Å². The Morgan fingerprint density at radius 3 is 2.70 bits per heavy atom. The van der Waals surface area contributed by atoms with Crippen molar-refractivity contribution in [3.8, 4) is 0 Å². The van der Waals surface area contributed by atoms with Crippen molar-refractivity contribution in [2.24, 2.45) is 0 Å². The first kappa shape index (κ1) is 17.7. The maximum Gasteiger partial charge on any atom is 0.0700 e. The van der Waals surface area contributed by atoms with Gasteiger partial charge < -0.3 is 14.8 Å². The van der Waals surface area contributed by atoms with Crippen molar-refractivity contribution >= 4 is 23.2 Å². The summed E-state index contributed by atoms with van der Waals surface area (Å²) in [6, 6.07) is 5.92. The van der Waals surface area contributed by atoms with E-state index in [9.17, 15) is 0 Å². The maximum absolute atomic E-state index is 6.20. The minimum atomic E-state index is 0.190. The Morgan fingerprint density at radius 2 is 1.95 bits per heavy atom. The molecular formula is C15H23Cl2NO2. The number of hydrogen-bond donors (Lipinski definition) is 1. The van der Waals surface area contributed by atoms with Crippen molar-refractivity contribution in [1.29, 1.82) is 0 Å². The molecule has 0 radical (unpaired) electrons. The van der Waals surface area contributed by atoms with Gasteiger partial charge in [0.05, 0.1) is 23.3 Å². The third kappa shape index (κ3) is 6.42. The molecule has 1 aromatic carbocycles. The van der Waals surface area contributed by atoms with E-state index in [4.69, 9.17) is 32.7 Å². The molecule has 0 amide bonds. The third-order valence-corrected chi connectivity index (χ3v) is 3.88. The number of benzene rings is 1. The average molecular weight is 320 g/mol. The largest absolute Gasteiger partial charge is 0.382 e. The Hall–Kier alpha value is -0.320. The maximum atomic E-state index is 6.20. The fourth-order valence-corrected chi connectivity index (χ4v) is 2.33. The minimum absolute atomic E-state index is 0.190. The van der Waals surface area contributed by atoms with E-state index in [1.165, 1.54) is 0 Å². The fraction of sp³-hybridized carbons (Fsp3) is 0.600. The van der Waals surface area contributed by atoms with Crippen LogP contribution in [0.25, 0.3) is 0 Å². The standard InChI is InChI=1S/C15H23Cl2NO2/c1-12(13-6-5-7-14(16)15(13)17)18-8-3-4-9-20-11-10-19-2/h5-7,12,18H,3-4,8-11H2,1-2H3. The fourth-order valence-electron chi connectivity index (χ4n) is 1.86. The first-order chi connectivity index (χ1) is 9.66. The van der Waals surface area contributed by atoms with E-state index in [1.54, 1.807) is 13.2 Å². The van der Waals surface area contributed by atoms with Gasteiger partial charge in [-0.2, -0.15) is 0 Å². The number of ether oxygens (including phenoxy) is 2. The van der Waals surface area contributed by atoms with Crippen molar-refractivity contribution in [2.75, 3.05) is 33.5 Å². The average Bonchev–Trinajstić information content (AvgIpc) is 2.44. The normalized spacial score (nSPS) is 12.6. The van der Waals surface area contributed by atoms with Crippen molar-refractivity contribution in [3.05, 3.63) is 33.8 Å². The summed E-state index contributed by atoms with van der Waals surface area (Å²) < 4.78 is 10.3. The second-order valence-corrected chi connectivity index (χ2v) is 5.42. The number of hydrogen-bond acceptors (Lipinski definition) is 3. The van der Waals surface area contributed by atoms with Gasteiger partial charge in [0, 0.05) is 19.8 Å². The molecule has 114 valence electrons. The van der Waals surface area contributed by atoms with Crippen LogP contribution in [0.4, 0.5) is 0 Å². The number of nitrogens with one attached hydrogen (secondary N) is 1. The Labute approximate surface area is 131 Å². The molecule has 0 aliphatic carbocycles. The predicted molar refractivity (Wildman–Crippen MR) is 84.8 cm³/mol. The predicted octanol–water partition coefficient (Wildman–Crippen LogP) is 4.09. The third-order valence-electron chi connectivity index (χ3n) is 3.05. The molecule has 0 saturated carbocycles. The van der Waals surface area contributed by atoms with Gasteiger partial charge in [-0.1, -0.05) is 35.3 Å². The highest BCUT2D eigenvalue weighted by Crippen LogP contribution is 2.29. The molecule has 0 aliphatic rings. The molecule has 1 atom stereocenters. The summed E-state index contributed by atoms with van der Waals surface area (Å²) in [6.45, 7) is 5.11. The van der Waals surface area contributed by atoms with Crippen LogP contribution in [0, 0.1) is 0 Å². The summed E-state index contributed by atoms with van der Waals surface area (Å²) in [5.41, 5.74) is 1.04. The molecule has 0 aromatic heterocycles. The molecule has 1 rings (SSSR count). The first-order valence-electron chi connectivity index (χ1n) is 6.90. The van der Waals surface area contributed by atoms with E-state index in [0.717, 1.165) is 31.6 Å². The molecule has 1 N–H and O–H groups in total. The summed E-state index contributed by atoms with van der Waals surface area (Å²) in [5.74, 6) is 0. The minimum Gasteiger partial charge on any atom is -0.382 e. The van der Waals surface area contributed by atoms with Gasteiger partial charge in [-0.15, -0.1) is 0 Å². The quantitative estimate of drug-likeness (QED) is 0.659. The zero-order chi connectivity index (χ0) is 14.8. The van der Waals surface area contributed by atoms with Crippen LogP contribution in [0.5, 0.6) is 0 Å². The van der Waals surface area contributed by atoms with Crippen molar-refractivity contribution < 1.29 is 9.47 Å². The zero-order valence-electron chi connectivity index (χ0n) is 12.1. The van der Waals surface area contributed by atoms with Crippen LogP contribution in [0.2, 0.25) is 10.0 Å². The molecule has 1 unspecified atom stereocenters. The van der Waals surface area contributed by atoms with Crippen LogP contribution >= 0.6 is 23.2 Å². The lowest BCUT2D eigenvalue weighted by atomic mass is 10.1. The van der Waals surface area contributed by atoms with Gasteiger partial charge in [0.1, 0.15) is 0 Å². The molecule has 0 bridgehead atoms. The molecule has 3 nitrogen and oxygen atoms in total. The lowest BCUT2D eigenvalue weighted by molar-refractivity contribution is 0.0687. The number of methoxy groups -OCH3 is 1. The van der Waals surface area contributed by atoms with Crippen molar-refractivity contribution in [2.45, 2.75) is 25.8 Å². The second kappa shape index (κ2) is 10.4. The van der Waals surface area contributed by atoms with E-state index < -0.39 is 0 Å². The smallest absolute Gasteiger partial charge is 0.0700 e.